The highest BCUT2D eigenvalue weighted by Gasteiger charge is 2.33. The molecular formula is C18H16F2N2O3S. The Bertz CT molecular complexity index is 996. The maximum atomic E-state index is 13.9. The number of hydrogen-bond acceptors (Lipinski definition) is 4. The molecule has 0 amide bonds. The van der Waals surface area contributed by atoms with Crippen molar-refractivity contribution in [3.05, 3.63) is 53.6 Å². The van der Waals surface area contributed by atoms with Crippen molar-refractivity contribution in [3.8, 4) is 11.8 Å². The lowest BCUT2D eigenvalue weighted by Gasteiger charge is -2.30. The second kappa shape index (κ2) is 6.25. The number of rotatable bonds is 3. The van der Waals surface area contributed by atoms with E-state index in [1.165, 1.54) is 18.2 Å². The second-order valence-electron chi connectivity index (χ2n) is 6.40. The van der Waals surface area contributed by atoms with Crippen LogP contribution in [-0.2, 0) is 15.4 Å². The van der Waals surface area contributed by atoms with Crippen molar-refractivity contribution >= 4 is 15.7 Å². The molecule has 1 heterocycles. The molecule has 0 aromatic heterocycles. The Balaban J connectivity index is 2.03. The van der Waals surface area contributed by atoms with Crippen molar-refractivity contribution in [1.29, 1.82) is 5.26 Å². The maximum Gasteiger partial charge on any atom is 0.264 e. The van der Waals surface area contributed by atoms with Gasteiger partial charge in [-0.15, -0.1) is 0 Å². The summed E-state index contributed by atoms with van der Waals surface area (Å²) in [5.41, 5.74) is -0.125. The minimum Gasteiger partial charge on any atom is -0.486 e. The Labute approximate surface area is 150 Å². The van der Waals surface area contributed by atoms with Gasteiger partial charge < -0.3 is 4.74 Å². The summed E-state index contributed by atoms with van der Waals surface area (Å²) in [7, 11) is -3.99. The Hall–Kier alpha value is -2.66. The number of nitriles is 1. The molecule has 0 unspecified atom stereocenters. The zero-order chi connectivity index (χ0) is 19.1. The molecule has 26 heavy (non-hydrogen) atoms. The Morgan fingerprint density at radius 2 is 1.81 bits per heavy atom. The Morgan fingerprint density at radius 1 is 1.15 bits per heavy atom. The smallest absolute Gasteiger partial charge is 0.264 e. The summed E-state index contributed by atoms with van der Waals surface area (Å²) in [6, 6.07) is 10.1. The predicted molar refractivity (Wildman–Crippen MR) is 91.5 cm³/mol. The number of nitrogens with zero attached hydrogens (tertiary/aromatic N) is 2. The molecule has 3 rings (SSSR count). The minimum atomic E-state index is -3.99. The fourth-order valence-corrected chi connectivity index (χ4v) is 4.14. The van der Waals surface area contributed by atoms with E-state index in [9.17, 15) is 22.5 Å². The van der Waals surface area contributed by atoms with Gasteiger partial charge in [0.2, 0.25) is 5.82 Å². The summed E-state index contributed by atoms with van der Waals surface area (Å²) < 4.78 is 59.4. The lowest BCUT2D eigenvalue weighted by Crippen LogP contribution is -2.38. The van der Waals surface area contributed by atoms with Gasteiger partial charge in [-0.25, -0.2) is 12.8 Å². The monoisotopic (exact) mass is 378 g/mol. The molecule has 0 saturated heterocycles. The van der Waals surface area contributed by atoms with Crippen molar-refractivity contribution in [3.63, 3.8) is 0 Å². The van der Waals surface area contributed by atoms with Gasteiger partial charge in [0.05, 0.1) is 28.6 Å². The fraction of sp³-hybridized carbons (Fsp3) is 0.278. The van der Waals surface area contributed by atoms with Crippen LogP contribution in [0.1, 0.15) is 19.4 Å². The van der Waals surface area contributed by atoms with Crippen LogP contribution in [0.3, 0.4) is 0 Å². The van der Waals surface area contributed by atoms with Crippen molar-refractivity contribution in [1.82, 2.24) is 0 Å². The normalized spacial score (nSPS) is 14.3. The summed E-state index contributed by atoms with van der Waals surface area (Å²) in [5.74, 6) is -2.73. The molecule has 2 aromatic rings. The molecule has 8 heteroatoms. The van der Waals surface area contributed by atoms with Gasteiger partial charge in [0, 0.05) is 0 Å². The van der Waals surface area contributed by atoms with E-state index in [0.717, 1.165) is 10.4 Å². The number of fused-ring (bicyclic) bond motifs is 1. The van der Waals surface area contributed by atoms with E-state index in [4.69, 9.17) is 4.74 Å². The van der Waals surface area contributed by atoms with Crippen LogP contribution in [0.4, 0.5) is 14.5 Å². The lowest BCUT2D eigenvalue weighted by atomic mass is 9.87. The third-order valence-electron chi connectivity index (χ3n) is 4.28. The summed E-state index contributed by atoms with van der Waals surface area (Å²) in [4.78, 5) is -0.00688. The van der Waals surface area contributed by atoms with Gasteiger partial charge in [0.15, 0.2) is 11.6 Å². The average molecular weight is 378 g/mol. The molecular weight excluding hydrogens is 362 g/mol. The lowest BCUT2D eigenvalue weighted by molar-refractivity contribution is 0.293. The standard InChI is InChI=1S/C18H16F2N2O3S/c1-18(2,11-21)12-3-5-13(6-4-12)26(23,24)22-9-10-25-17-15(22)8-7-14(19)16(17)20/h3-8H,9-10H2,1-2H3. The topological polar surface area (TPSA) is 70.4 Å². The van der Waals surface area contributed by atoms with Gasteiger partial charge in [0.25, 0.3) is 10.0 Å². The summed E-state index contributed by atoms with van der Waals surface area (Å²) >= 11 is 0. The third kappa shape index (κ3) is 2.88. The van der Waals surface area contributed by atoms with Gasteiger partial charge >= 0.3 is 0 Å². The van der Waals surface area contributed by atoms with Gasteiger partial charge in [-0.05, 0) is 43.7 Å². The van der Waals surface area contributed by atoms with Crippen LogP contribution < -0.4 is 9.04 Å². The Morgan fingerprint density at radius 3 is 2.42 bits per heavy atom. The first-order valence-corrected chi connectivity index (χ1v) is 9.28. The zero-order valence-corrected chi connectivity index (χ0v) is 15.0. The first-order valence-electron chi connectivity index (χ1n) is 7.84. The molecule has 0 radical (unpaired) electrons. The van der Waals surface area contributed by atoms with Gasteiger partial charge in [-0.3, -0.25) is 4.31 Å². The van der Waals surface area contributed by atoms with Crippen LogP contribution in [0, 0.1) is 23.0 Å². The Kier molecular flexibility index (Phi) is 4.36. The molecule has 1 aliphatic heterocycles. The number of halogens is 2. The number of hydrogen-bond donors (Lipinski definition) is 0. The van der Waals surface area contributed by atoms with Crippen molar-refractivity contribution in [2.75, 3.05) is 17.5 Å². The largest absolute Gasteiger partial charge is 0.486 e. The van der Waals surface area contributed by atoms with E-state index in [0.29, 0.717) is 5.56 Å². The van der Waals surface area contributed by atoms with Crippen LogP contribution in [-0.4, -0.2) is 21.6 Å². The van der Waals surface area contributed by atoms with Crippen LogP contribution in [0.5, 0.6) is 5.75 Å². The van der Waals surface area contributed by atoms with E-state index >= 15 is 0 Å². The molecule has 2 aromatic carbocycles. The number of benzene rings is 2. The average Bonchev–Trinajstić information content (AvgIpc) is 2.64. The van der Waals surface area contributed by atoms with Gasteiger partial charge in [-0.2, -0.15) is 9.65 Å². The molecule has 0 saturated carbocycles. The number of anilines is 1. The SMILES string of the molecule is CC(C)(C#N)c1ccc(S(=O)(=O)N2CCOc3c2ccc(F)c3F)cc1. The van der Waals surface area contributed by atoms with Crippen molar-refractivity contribution < 1.29 is 21.9 Å². The molecule has 1 aliphatic rings. The molecule has 0 fully saturated rings. The highest BCUT2D eigenvalue weighted by atomic mass is 32.2. The van der Waals surface area contributed by atoms with Crippen LogP contribution in [0.25, 0.3) is 0 Å². The minimum absolute atomic E-state index is 0.00688. The fourth-order valence-electron chi connectivity index (χ4n) is 2.69. The highest BCUT2D eigenvalue weighted by Crippen LogP contribution is 2.38. The van der Waals surface area contributed by atoms with E-state index in [-0.39, 0.29) is 23.7 Å². The zero-order valence-electron chi connectivity index (χ0n) is 14.2. The third-order valence-corrected chi connectivity index (χ3v) is 6.11. The molecule has 0 N–H and O–H groups in total. The second-order valence-corrected chi connectivity index (χ2v) is 8.26. The molecule has 136 valence electrons. The number of ether oxygens (including phenoxy) is 1. The van der Waals surface area contributed by atoms with Gasteiger partial charge in [0.1, 0.15) is 6.61 Å². The first kappa shape index (κ1) is 18.1. The maximum absolute atomic E-state index is 13.9. The van der Waals surface area contributed by atoms with Crippen LogP contribution in [0.15, 0.2) is 41.3 Å². The molecule has 0 atom stereocenters. The summed E-state index contributed by atoms with van der Waals surface area (Å²) in [5, 5.41) is 9.18. The predicted octanol–water partition coefficient (Wildman–Crippen LogP) is 3.35. The molecule has 5 nitrogen and oxygen atoms in total. The number of sulfonamides is 1. The molecule has 0 spiro atoms. The first-order chi connectivity index (χ1) is 12.2. The molecule has 0 aliphatic carbocycles. The van der Waals surface area contributed by atoms with E-state index < -0.39 is 32.8 Å². The van der Waals surface area contributed by atoms with Gasteiger partial charge in [-0.1, -0.05) is 12.1 Å². The summed E-state index contributed by atoms with van der Waals surface area (Å²) in [6.07, 6.45) is 0. The van der Waals surface area contributed by atoms with Crippen LogP contribution >= 0.6 is 0 Å². The van der Waals surface area contributed by atoms with E-state index in [1.807, 2.05) is 0 Å². The van der Waals surface area contributed by atoms with Crippen molar-refractivity contribution in [2.45, 2.75) is 24.2 Å². The quantitative estimate of drug-likeness (QED) is 0.821. The van der Waals surface area contributed by atoms with E-state index in [1.54, 1.807) is 26.0 Å². The molecule has 0 bridgehead atoms. The highest BCUT2D eigenvalue weighted by molar-refractivity contribution is 7.92. The summed E-state index contributed by atoms with van der Waals surface area (Å²) in [6.45, 7) is 3.34. The van der Waals surface area contributed by atoms with Crippen LogP contribution in [0.2, 0.25) is 0 Å². The van der Waals surface area contributed by atoms with E-state index in [2.05, 4.69) is 6.07 Å². The van der Waals surface area contributed by atoms with Crippen molar-refractivity contribution in [2.24, 2.45) is 0 Å².